The predicted octanol–water partition coefficient (Wildman–Crippen LogP) is 2.17. The maximum Gasteiger partial charge on any atom is 0.126 e. The Morgan fingerprint density at radius 1 is 1.27 bits per heavy atom. The maximum atomic E-state index is 12.1. The molecule has 15 heavy (non-hydrogen) atoms. The summed E-state index contributed by atoms with van der Waals surface area (Å²) in [4.78, 5) is 0. The number of rotatable bonds is 3. The number of anilines is 1. The van der Waals surface area contributed by atoms with E-state index in [1.54, 1.807) is 6.20 Å². The van der Waals surface area contributed by atoms with E-state index in [1.165, 1.54) is 0 Å². The molecule has 2 aromatic rings. The lowest BCUT2D eigenvalue weighted by atomic mass is 10.1. The number of benzene rings is 1. The average Bonchev–Trinajstić information content (AvgIpc) is 2.66. The van der Waals surface area contributed by atoms with Gasteiger partial charge < -0.3 is 5.73 Å². The number of nitrogen functional groups attached to an aromatic ring is 1. The molecule has 0 aliphatic heterocycles. The van der Waals surface area contributed by atoms with Crippen LogP contribution in [-0.2, 0) is 6.42 Å². The maximum absolute atomic E-state index is 12.1. The zero-order valence-electron chi connectivity index (χ0n) is 8.20. The quantitative estimate of drug-likeness (QED) is 0.806. The Labute approximate surface area is 87.1 Å². The van der Waals surface area contributed by atoms with Crippen LogP contribution < -0.4 is 5.73 Å². The van der Waals surface area contributed by atoms with Crippen molar-refractivity contribution >= 4 is 5.82 Å². The van der Waals surface area contributed by atoms with E-state index in [0.717, 1.165) is 16.7 Å². The molecule has 0 saturated heterocycles. The second kappa shape index (κ2) is 4.13. The second-order valence-electron chi connectivity index (χ2n) is 3.33. The Morgan fingerprint density at radius 3 is 2.53 bits per heavy atom. The highest BCUT2D eigenvalue weighted by Crippen LogP contribution is 2.23. The van der Waals surface area contributed by atoms with Crippen molar-refractivity contribution in [2.24, 2.45) is 0 Å². The van der Waals surface area contributed by atoms with Crippen molar-refractivity contribution in [1.82, 2.24) is 10.2 Å². The van der Waals surface area contributed by atoms with Gasteiger partial charge in [-0.1, -0.05) is 24.3 Å². The van der Waals surface area contributed by atoms with Crippen LogP contribution in [0.3, 0.4) is 0 Å². The van der Waals surface area contributed by atoms with Gasteiger partial charge in [-0.3, -0.25) is 9.49 Å². The number of hydrogen-bond acceptors (Lipinski definition) is 2. The van der Waals surface area contributed by atoms with Crippen molar-refractivity contribution in [2.45, 2.75) is 6.42 Å². The van der Waals surface area contributed by atoms with E-state index in [4.69, 9.17) is 5.73 Å². The average molecular weight is 205 g/mol. The number of nitrogens with two attached hydrogens (primary N) is 1. The molecule has 1 aromatic carbocycles. The number of hydrogen-bond donors (Lipinski definition) is 2. The zero-order valence-corrected chi connectivity index (χ0v) is 8.20. The number of aromatic amines is 1. The highest BCUT2D eigenvalue weighted by atomic mass is 19.1. The summed E-state index contributed by atoms with van der Waals surface area (Å²) in [5.41, 5.74) is 8.55. The van der Waals surface area contributed by atoms with Gasteiger partial charge in [0.15, 0.2) is 0 Å². The van der Waals surface area contributed by atoms with Gasteiger partial charge in [0.2, 0.25) is 0 Å². The van der Waals surface area contributed by atoms with Gasteiger partial charge in [-0.05, 0) is 11.1 Å². The first-order valence-corrected chi connectivity index (χ1v) is 4.75. The molecule has 0 aliphatic rings. The number of nitrogens with one attached hydrogen (secondary N) is 1. The van der Waals surface area contributed by atoms with E-state index in [9.17, 15) is 4.39 Å². The van der Waals surface area contributed by atoms with Crippen molar-refractivity contribution in [3.63, 3.8) is 0 Å². The number of aryl methyl sites for hydroxylation is 1. The first kappa shape index (κ1) is 9.71. The van der Waals surface area contributed by atoms with Gasteiger partial charge in [0.05, 0.1) is 12.9 Å². The molecule has 0 atom stereocenters. The molecule has 0 radical (unpaired) electrons. The lowest BCUT2D eigenvalue weighted by Crippen LogP contribution is -1.89. The first-order chi connectivity index (χ1) is 7.31. The van der Waals surface area contributed by atoms with Gasteiger partial charge in [-0.15, -0.1) is 0 Å². The van der Waals surface area contributed by atoms with E-state index >= 15 is 0 Å². The number of alkyl halides is 1. The normalized spacial score (nSPS) is 10.5. The molecule has 0 fully saturated rings. The third-order valence-corrected chi connectivity index (χ3v) is 2.32. The Morgan fingerprint density at radius 2 is 2.00 bits per heavy atom. The van der Waals surface area contributed by atoms with E-state index in [0.29, 0.717) is 12.2 Å². The van der Waals surface area contributed by atoms with E-state index in [-0.39, 0.29) is 6.67 Å². The summed E-state index contributed by atoms with van der Waals surface area (Å²) in [6.07, 6.45) is 2.14. The molecule has 0 saturated carbocycles. The molecule has 0 amide bonds. The summed E-state index contributed by atoms with van der Waals surface area (Å²) in [6, 6.07) is 7.65. The molecule has 3 nitrogen and oxygen atoms in total. The highest BCUT2D eigenvalue weighted by molar-refractivity contribution is 5.72. The van der Waals surface area contributed by atoms with Crippen molar-refractivity contribution in [1.29, 1.82) is 0 Å². The number of nitrogens with zero attached hydrogens (tertiary/aromatic N) is 1. The molecule has 2 rings (SSSR count). The Bertz CT molecular complexity index is 433. The summed E-state index contributed by atoms with van der Waals surface area (Å²) < 4.78 is 12.1. The molecule has 1 aromatic heterocycles. The van der Waals surface area contributed by atoms with Crippen LogP contribution in [0.2, 0.25) is 0 Å². The smallest absolute Gasteiger partial charge is 0.126 e. The second-order valence-corrected chi connectivity index (χ2v) is 3.33. The number of H-pyrrole nitrogens is 1. The largest absolute Gasteiger partial charge is 0.384 e. The van der Waals surface area contributed by atoms with Crippen LogP contribution in [0.25, 0.3) is 11.1 Å². The van der Waals surface area contributed by atoms with E-state index in [2.05, 4.69) is 10.2 Å². The molecular formula is C11H12FN3. The molecular weight excluding hydrogens is 193 g/mol. The summed E-state index contributed by atoms with van der Waals surface area (Å²) in [6.45, 7) is -0.326. The van der Waals surface area contributed by atoms with Crippen LogP contribution in [0.4, 0.5) is 10.2 Å². The van der Waals surface area contributed by atoms with Gasteiger partial charge in [-0.25, -0.2) is 0 Å². The fourth-order valence-electron chi connectivity index (χ4n) is 1.49. The fourth-order valence-corrected chi connectivity index (χ4v) is 1.49. The van der Waals surface area contributed by atoms with Crippen LogP contribution in [0, 0.1) is 0 Å². The minimum absolute atomic E-state index is 0.326. The van der Waals surface area contributed by atoms with Gasteiger partial charge in [0.1, 0.15) is 5.82 Å². The van der Waals surface area contributed by atoms with Crippen molar-refractivity contribution in [3.8, 4) is 11.1 Å². The lowest BCUT2D eigenvalue weighted by Gasteiger charge is -2.01. The van der Waals surface area contributed by atoms with Crippen LogP contribution >= 0.6 is 0 Å². The summed E-state index contributed by atoms with van der Waals surface area (Å²) in [5, 5.41) is 6.52. The molecule has 0 aliphatic carbocycles. The minimum atomic E-state index is -0.326. The third kappa shape index (κ3) is 1.98. The van der Waals surface area contributed by atoms with Gasteiger partial charge in [0.25, 0.3) is 0 Å². The fraction of sp³-hybridized carbons (Fsp3) is 0.182. The standard InChI is InChI=1S/C11H12FN3/c12-6-5-8-1-3-9(4-2-8)10-7-14-15-11(10)13/h1-4,7H,5-6H2,(H3,13,14,15). The predicted molar refractivity (Wildman–Crippen MR) is 58.1 cm³/mol. The Hall–Kier alpha value is -1.84. The van der Waals surface area contributed by atoms with E-state index in [1.807, 2.05) is 24.3 Å². The molecule has 4 heteroatoms. The molecule has 78 valence electrons. The first-order valence-electron chi connectivity index (χ1n) is 4.75. The molecule has 0 spiro atoms. The van der Waals surface area contributed by atoms with Crippen molar-refractivity contribution in [2.75, 3.05) is 12.4 Å². The lowest BCUT2D eigenvalue weighted by molar-refractivity contribution is 0.495. The van der Waals surface area contributed by atoms with Crippen LogP contribution in [-0.4, -0.2) is 16.9 Å². The van der Waals surface area contributed by atoms with Gasteiger partial charge >= 0.3 is 0 Å². The molecule has 0 unspecified atom stereocenters. The zero-order chi connectivity index (χ0) is 10.7. The van der Waals surface area contributed by atoms with Crippen LogP contribution in [0.15, 0.2) is 30.5 Å². The summed E-state index contributed by atoms with van der Waals surface area (Å²) >= 11 is 0. The van der Waals surface area contributed by atoms with E-state index < -0.39 is 0 Å². The summed E-state index contributed by atoms with van der Waals surface area (Å²) in [7, 11) is 0. The molecule has 3 N–H and O–H groups in total. The topological polar surface area (TPSA) is 54.7 Å². The molecule has 1 heterocycles. The van der Waals surface area contributed by atoms with Crippen molar-refractivity contribution in [3.05, 3.63) is 36.0 Å². The van der Waals surface area contributed by atoms with Crippen molar-refractivity contribution < 1.29 is 4.39 Å². The summed E-state index contributed by atoms with van der Waals surface area (Å²) in [5.74, 6) is 0.549. The SMILES string of the molecule is Nc1[nH]ncc1-c1ccc(CCF)cc1. The third-order valence-electron chi connectivity index (χ3n) is 2.32. The highest BCUT2D eigenvalue weighted by Gasteiger charge is 2.03. The van der Waals surface area contributed by atoms with Gasteiger partial charge in [-0.2, -0.15) is 5.10 Å². The van der Waals surface area contributed by atoms with Crippen LogP contribution in [0.5, 0.6) is 0 Å². The Kier molecular flexibility index (Phi) is 2.67. The van der Waals surface area contributed by atoms with Gasteiger partial charge in [0, 0.05) is 12.0 Å². The molecule has 0 bridgehead atoms. The minimum Gasteiger partial charge on any atom is -0.384 e. The number of halogens is 1. The Balaban J connectivity index is 2.28. The monoisotopic (exact) mass is 205 g/mol. The van der Waals surface area contributed by atoms with Crippen LogP contribution in [0.1, 0.15) is 5.56 Å². The number of aromatic nitrogens is 2.